The van der Waals surface area contributed by atoms with Gasteiger partial charge in [0.25, 0.3) is 20.2 Å². The molecule has 6 aromatic rings. The van der Waals surface area contributed by atoms with Crippen LogP contribution in [-0.2, 0) is 33.7 Å². The fourth-order valence-corrected chi connectivity index (χ4v) is 7.91. The zero-order valence-electron chi connectivity index (χ0n) is 25.8. The third-order valence-corrected chi connectivity index (χ3v) is 10.7. The molecule has 0 radical (unpaired) electrons. The van der Waals surface area contributed by atoms with E-state index in [1.54, 1.807) is 48.5 Å². The van der Waals surface area contributed by atoms with E-state index in [-0.39, 0.29) is 20.6 Å². The zero-order chi connectivity index (χ0) is 37.2. The lowest BCUT2D eigenvalue weighted by molar-refractivity contribution is 0.225. The van der Waals surface area contributed by atoms with Crippen molar-refractivity contribution in [3.8, 4) is 11.1 Å². The summed E-state index contributed by atoms with van der Waals surface area (Å²) in [4.78, 5) is 30.5. The summed E-state index contributed by atoms with van der Waals surface area (Å²) in [5.74, 6) is 0. The van der Waals surface area contributed by atoms with Crippen molar-refractivity contribution in [1.29, 1.82) is 0 Å². The minimum absolute atomic E-state index is 0.270. The molecule has 19 heteroatoms. The fourth-order valence-electron chi connectivity index (χ4n) is 5.35. The molecule has 0 bridgehead atoms. The molecule has 0 aliphatic heterocycles. The number of fused-ring (bicyclic) bond motifs is 2. The summed E-state index contributed by atoms with van der Waals surface area (Å²) in [5, 5.41) is 8.04. The number of benzene rings is 6. The Morgan fingerprint density at radius 3 is 1.12 bits per heavy atom. The molecular formula is C32H28N2O13P2S2. The van der Waals surface area contributed by atoms with Gasteiger partial charge >= 0.3 is 15.6 Å². The Kier molecular flexibility index (Phi) is 10.8. The van der Waals surface area contributed by atoms with Crippen LogP contribution in [0, 0.1) is 0 Å². The first-order valence-corrected chi connectivity index (χ1v) is 20.3. The first-order chi connectivity index (χ1) is 23.8. The highest BCUT2D eigenvalue weighted by Crippen LogP contribution is 2.54. The predicted molar refractivity (Wildman–Crippen MR) is 191 cm³/mol. The van der Waals surface area contributed by atoms with Gasteiger partial charge in [-0.3, -0.25) is 9.11 Å². The van der Waals surface area contributed by atoms with Gasteiger partial charge < -0.3 is 30.2 Å². The van der Waals surface area contributed by atoms with Gasteiger partial charge in [0.05, 0.1) is 0 Å². The molecule has 0 unspecified atom stereocenters. The van der Waals surface area contributed by atoms with Crippen molar-refractivity contribution < 1.29 is 59.0 Å². The smallest absolute Gasteiger partial charge is 0.355 e. The monoisotopic (exact) mass is 774 g/mol. The van der Waals surface area contributed by atoms with Crippen molar-refractivity contribution >= 4 is 80.2 Å². The van der Waals surface area contributed by atoms with Crippen molar-refractivity contribution in [3.05, 3.63) is 121 Å². The van der Waals surface area contributed by atoms with Crippen LogP contribution >= 0.6 is 15.6 Å². The van der Waals surface area contributed by atoms with Crippen LogP contribution in [-0.4, -0.2) is 45.5 Å². The summed E-state index contributed by atoms with van der Waals surface area (Å²) in [6.07, 6.45) is 0. The quantitative estimate of drug-likeness (QED) is 0.0553. The van der Waals surface area contributed by atoms with Crippen LogP contribution in [0.3, 0.4) is 0 Å². The van der Waals surface area contributed by atoms with Crippen LogP contribution in [0.5, 0.6) is 0 Å². The Balaban J connectivity index is 0.000000496. The van der Waals surface area contributed by atoms with Gasteiger partial charge in [-0.15, -0.1) is 0 Å². The van der Waals surface area contributed by atoms with Gasteiger partial charge in [0.15, 0.2) is 0 Å². The van der Waals surface area contributed by atoms with E-state index >= 15 is 0 Å². The van der Waals surface area contributed by atoms with Crippen molar-refractivity contribution in [2.24, 2.45) is 0 Å². The molecule has 0 spiro atoms. The molecule has 51 heavy (non-hydrogen) atoms. The molecule has 0 atom stereocenters. The molecule has 6 aromatic carbocycles. The Morgan fingerprint density at radius 1 is 0.471 bits per heavy atom. The number of phosphoric acid groups is 2. The third kappa shape index (κ3) is 9.45. The first kappa shape index (κ1) is 37.8. The largest absolute Gasteiger partial charge is 0.478 e. The molecule has 0 aliphatic rings. The Hall–Kier alpha value is -4.48. The van der Waals surface area contributed by atoms with Crippen LogP contribution in [0.4, 0.5) is 22.7 Å². The molecule has 0 aromatic heterocycles. The third-order valence-electron chi connectivity index (χ3n) is 7.17. The first-order valence-electron chi connectivity index (χ1n) is 14.4. The summed E-state index contributed by atoms with van der Waals surface area (Å²) < 4.78 is 92.6. The molecule has 0 fully saturated rings. The van der Waals surface area contributed by atoms with E-state index in [9.17, 15) is 35.1 Å². The lowest BCUT2D eigenvalue weighted by Gasteiger charge is -2.19. The van der Waals surface area contributed by atoms with Crippen LogP contribution in [0.25, 0.3) is 32.7 Å². The van der Waals surface area contributed by atoms with E-state index < -0.39 is 35.9 Å². The molecule has 0 saturated heterocycles. The standard InChI is InChI=1S/C32H24N2O6S2.H4O7P2/c35-41(36,37)29-15-7-13-25-23(17-19-27(31(25)29)33-21-9-3-1-4-10-21)24-18-20-28(34-22-11-5-2-6-12-22)32-26(24)14-8-16-30(32)42(38,39)40;1-8(2,3)7-9(4,5)6/h1-20,33-34H,(H,35,36,37)(H,38,39,40);(H2,1,2,3)(H2,4,5,6). The number of anilines is 4. The maximum Gasteiger partial charge on any atom is 0.478 e. The normalized spacial score (nSPS) is 12.3. The molecular weight excluding hydrogens is 746 g/mol. The van der Waals surface area contributed by atoms with Crippen molar-refractivity contribution in [1.82, 2.24) is 0 Å². The van der Waals surface area contributed by atoms with Gasteiger partial charge in [0, 0.05) is 33.5 Å². The molecule has 0 aliphatic carbocycles. The van der Waals surface area contributed by atoms with E-state index in [2.05, 4.69) is 14.9 Å². The SMILES string of the molecule is O=P(O)(O)OP(=O)(O)O.O=S(=O)(O)c1cccc2c(-c3ccc(Nc4ccccc4)c4c(S(=O)(=O)O)cccc34)ccc(Nc3ccccc3)c12. The Bertz CT molecular complexity index is 2380. The average Bonchev–Trinajstić information content (AvgIpc) is 3.03. The van der Waals surface area contributed by atoms with Gasteiger partial charge in [0.2, 0.25) is 0 Å². The summed E-state index contributed by atoms with van der Waals surface area (Å²) >= 11 is 0. The topological polar surface area (TPSA) is 257 Å². The highest BCUT2D eigenvalue weighted by Gasteiger charge is 2.28. The predicted octanol–water partition coefficient (Wildman–Crippen LogP) is 6.83. The van der Waals surface area contributed by atoms with Gasteiger partial charge in [-0.05, 0) is 70.4 Å². The molecule has 15 nitrogen and oxygen atoms in total. The number of hydrogen-bond acceptors (Lipinski definition) is 9. The second kappa shape index (κ2) is 14.6. The minimum Gasteiger partial charge on any atom is -0.355 e. The average molecular weight is 775 g/mol. The van der Waals surface area contributed by atoms with E-state index in [0.717, 1.165) is 11.4 Å². The molecule has 8 N–H and O–H groups in total. The number of hydrogen-bond donors (Lipinski definition) is 8. The second-order valence-corrected chi connectivity index (χ2v) is 16.1. The molecule has 0 saturated carbocycles. The minimum atomic E-state index is -5.05. The van der Waals surface area contributed by atoms with E-state index in [1.165, 1.54) is 12.1 Å². The summed E-state index contributed by atoms with van der Waals surface area (Å²) in [6, 6.07) is 34.7. The molecule has 0 amide bonds. The highest BCUT2D eigenvalue weighted by atomic mass is 32.2. The van der Waals surface area contributed by atoms with Crippen molar-refractivity contribution in [2.45, 2.75) is 9.79 Å². The Morgan fingerprint density at radius 2 is 0.824 bits per heavy atom. The molecule has 266 valence electrons. The van der Waals surface area contributed by atoms with Crippen LogP contribution in [0.15, 0.2) is 131 Å². The van der Waals surface area contributed by atoms with Gasteiger partial charge in [0.1, 0.15) is 9.79 Å². The summed E-state index contributed by atoms with van der Waals surface area (Å²) in [6.45, 7) is 0. The highest BCUT2D eigenvalue weighted by molar-refractivity contribution is 7.86. The number of rotatable bonds is 9. The zero-order valence-corrected chi connectivity index (χ0v) is 29.2. The number of nitrogens with one attached hydrogen (secondary N) is 2. The van der Waals surface area contributed by atoms with Crippen LogP contribution in [0.2, 0.25) is 0 Å². The fraction of sp³-hybridized carbons (Fsp3) is 0. The maximum atomic E-state index is 12.5. The van der Waals surface area contributed by atoms with E-state index in [1.807, 2.05) is 60.7 Å². The van der Waals surface area contributed by atoms with E-state index in [0.29, 0.717) is 33.3 Å². The lowest BCUT2D eigenvalue weighted by Crippen LogP contribution is -2.03. The second-order valence-electron chi connectivity index (χ2n) is 10.7. The van der Waals surface area contributed by atoms with Crippen molar-refractivity contribution in [3.63, 3.8) is 0 Å². The van der Waals surface area contributed by atoms with Gasteiger partial charge in [-0.25, -0.2) is 9.13 Å². The summed E-state index contributed by atoms with van der Waals surface area (Å²) in [7, 11) is -19.3. The summed E-state index contributed by atoms with van der Waals surface area (Å²) in [5.41, 5.74) is 3.54. The molecule has 6 rings (SSSR count). The molecule has 0 heterocycles. The van der Waals surface area contributed by atoms with Gasteiger partial charge in [-0.2, -0.15) is 21.1 Å². The van der Waals surface area contributed by atoms with Crippen LogP contribution in [0.1, 0.15) is 0 Å². The lowest BCUT2D eigenvalue weighted by atomic mass is 9.92. The number of para-hydroxylation sites is 2. The van der Waals surface area contributed by atoms with Gasteiger partial charge in [-0.1, -0.05) is 72.8 Å². The van der Waals surface area contributed by atoms with E-state index in [4.69, 9.17) is 19.6 Å². The Labute approximate surface area is 291 Å². The maximum absolute atomic E-state index is 12.5. The van der Waals surface area contributed by atoms with Crippen LogP contribution < -0.4 is 10.6 Å². The van der Waals surface area contributed by atoms with Crippen molar-refractivity contribution in [2.75, 3.05) is 10.6 Å².